The van der Waals surface area contributed by atoms with Gasteiger partial charge < -0.3 is 10.6 Å². The Hall–Kier alpha value is -2.30. The molecule has 2 aromatic rings. The van der Waals surface area contributed by atoms with Crippen LogP contribution in [-0.2, 0) is 13.1 Å². The number of carbonyl (C=O) groups excluding carboxylic acids is 1. The third-order valence-electron chi connectivity index (χ3n) is 3.16. The summed E-state index contributed by atoms with van der Waals surface area (Å²) in [5.41, 5.74) is 2.26. The number of urea groups is 1. The van der Waals surface area contributed by atoms with Crippen LogP contribution in [0.2, 0.25) is 0 Å². The quantitative estimate of drug-likeness (QED) is 0.768. The average Bonchev–Trinajstić information content (AvgIpc) is 2.99. The normalized spacial score (nSPS) is 10.3. The average molecular weight is 286 g/mol. The van der Waals surface area contributed by atoms with Gasteiger partial charge in [0, 0.05) is 25.5 Å². The summed E-state index contributed by atoms with van der Waals surface area (Å²) in [4.78, 5) is 11.6. The fourth-order valence-corrected chi connectivity index (χ4v) is 2.04. The van der Waals surface area contributed by atoms with E-state index >= 15 is 0 Å². The summed E-state index contributed by atoms with van der Waals surface area (Å²) in [7, 11) is 0. The molecular formula is C16H22N4O. The van der Waals surface area contributed by atoms with Gasteiger partial charge in [-0.3, -0.25) is 4.68 Å². The van der Waals surface area contributed by atoms with Gasteiger partial charge in [0.15, 0.2) is 0 Å². The Morgan fingerprint density at radius 1 is 1.24 bits per heavy atom. The van der Waals surface area contributed by atoms with E-state index in [0.717, 1.165) is 31.5 Å². The first-order valence-corrected chi connectivity index (χ1v) is 7.35. The minimum atomic E-state index is -0.110. The van der Waals surface area contributed by atoms with Gasteiger partial charge >= 0.3 is 6.03 Å². The molecule has 1 aromatic carbocycles. The maximum Gasteiger partial charge on any atom is 0.315 e. The molecule has 0 unspecified atom stereocenters. The lowest BCUT2D eigenvalue weighted by atomic mass is 10.1. The lowest BCUT2D eigenvalue weighted by molar-refractivity contribution is 0.240. The van der Waals surface area contributed by atoms with E-state index in [1.54, 1.807) is 6.20 Å². The molecular weight excluding hydrogens is 264 g/mol. The molecule has 0 aliphatic carbocycles. The molecule has 5 nitrogen and oxygen atoms in total. The maximum absolute atomic E-state index is 11.6. The number of rotatable bonds is 7. The highest BCUT2D eigenvalue weighted by molar-refractivity contribution is 5.73. The second-order valence-electron chi connectivity index (χ2n) is 4.99. The van der Waals surface area contributed by atoms with Crippen LogP contribution in [0.3, 0.4) is 0 Å². The predicted molar refractivity (Wildman–Crippen MR) is 82.9 cm³/mol. The van der Waals surface area contributed by atoms with E-state index in [1.807, 2.05) is 29.1 Å². The first-order chi connectivity index (χ1) is 10.3. The Morgan fingerprint density at radius 3 is 2.86 bits per heavy atom. The zero-order chi connectivity index (χ0) is 14.9. The fourth-order valence-electron chi connectivity index (χ4n) is 2.04. The Labute approximate surface area is 125 Å². The highest BCUT2D eigenvalue weighted by Crippen LogP contribution is 2.06. The Kier molecular flexibility index (Phi) is 5.82. The smallest absolute Gasteiger partial charge is 0.315 e. The van der Waals surface area contributed by atoms with Crippen LogP contribution in [0, 0.1) is 0 Å². The molecule has 2 amide bonds. The van der Waals surface area contributed by atoms with Gasteiger partial charge in [0.1, 0.15) is 0 Å². The first kappa shape index (κ1) is 15.1. The van der Waals surface area contributed by atoms with Crippen molar-refractivity contribution >= 4 is 6.03 Å². The number of nitrogens with one attached hydrogen (secondary N) is 2. The van der Waals surface area contributed by atoms with Crippen LogP contribution in [0.25, 0.3) is 0 Å². The van der Waals surface area contributed by atoms with Gasteiger partial charge in [-0.2, -0.15) is 5.10 Å². The van der Waals surface area contributed by atoms with Crippen molar-refractivity contribution in [1.29, 1.82) is 0 Å². The van der Waals surface area contributed by atoms with Crippen molar-refractivity contribution in [3.8, 4) is 0 Å². The molecule has 0 spiro atoms. The Balaban J connectivity index is 1.82. The SMILES string of the molecule is CCCCNC(=O)NCc1cccc(Cn2cccn2)c1. The standard InChI is InChI=1S/C16H22N4O/c1-2-3-8-17-16(21)18-12-14-6-4-7-15(11-14)13-20-10-5-9-19-20/h4-7,9-11H,2-3,8,12-13H2,1H3,(H2,17,18,21). The van der Waals surface area contributed by atoms with Gasteiger partial charge in [0.25, 0.3) is 0 Å². The van der Waals surface area contributed by atoms with Crippen molar-refractivity contribution in [3.05, 3.63) is 53.9 Å². The molecule has 0 aliphatic rings. The molecule has 0 aliphatic heterocycles. The number of nitrogens with zero attached hydrogens (tertiary/aromatic N) is 2. The first-order valence-electron chi connectivity index (χ1n) is 7.35. The summed E-state index contributed by atoms with van der Waals surface area (Å²) in [6, 6.07) is 9.97. The van der Waals surface area contributed by atoms with Crippen molar-refractivity contribution in [1.82, 2.24) is 20.4 Å². The lowest BCUT2D eigenvalue weighted by Crippen LogP contribution is -2.35. The minimum Gasteiger partial charge on any atom is -0.338 e. The number of amides is 2. The second kappa shape index (κ2) is 8.09. The largest absolute Gasteiger partial charge is 0.338 e. The van der Waals surface area contributed by atoms with Crippen LogP contribution >= 0.6 is 0 Å². The van der Waals surface area contributed by atoms with Crippen molar-refractivity contribution in [2.24, 2.45) is 0 Å². The molecule has 0 atom stereocenters. The van der Waals surface area contributed by atoms with E-state index in [0.29, 0.717) is 6.54 Å². The van der Waals surface area contributed by atoms with Gasteiger partial charge in [0.2, 0.25) is 0 Å². The number of aromatic nitrogens is 2. The number of unbranched alkanes of at least 4 members (excludes halogenated alkanes) is 1. The maximum atomic E-state index is 11.6. The molecule has 0 radical (unpaired) electrons. The number of hydrogen-bond donors (Lipinski definition) is 2. The van der Waals surface area contributed by atoms with Crippen molar-refractivity contribution < 1.29 is 4.79 Å². The van der Waals surface area contributed by atoms with Gasteiger partial charge in [-0.15, -0.1) is 0 Å². The fraction of sp³-hybridized carbons (Fsp3) is 0.375. The van der Waals surface area contributed by atoms with Crippen molar-refractivity contribution in [3.63, 3.8) is 0 Å². The molecule has 2 rings (SSSR count). The van der Waals surface area contributed by atoms with Crippen LogP contribution in [0.15, 0.2) is 42.7 Å². The zero-order valence-electron chi connectivity index (χ0n) is 12.4. The summed E-state index contributed by atoms with van der Waals surface area (Å²) in [5.74, 6) is 0. The summed E-state index contributed by atoms with van der Waals surface area (Å²) in [5, 5.41) is 9.91. The molecule has 0 saturated heterocycles. The Bertz CT molecular complexity index is 551. The highest BCUT2D eigenvalue weighted by Gasteiger charge is 2.01. The number of carbonyl (C=O) groups is 1. The number of hydrogen-bond acceptors (Lipinski definition) is 2. The molecule has 0 saturated carbocycles. The third kappa shape index (κ3) is 5.30. The summed E-state index contributed by atoms with van der Waals surface area (Å²) < 4.78 is 1.88. The van der Waals surface area contributed by atoms with Gasteiger partial charge in [0.05, 0.1) is 6.54 Å². The van der Waals surface area contributed by atoms with Gasteiger partial charge in [-0.25, -0.2) is 4.79 Å². The molecule has 2 N–H and O–H groups in total. The van der Waals surface area contributed by atoms with E-state index in [-0.39, 0.29) is 6.03 Å². The van der Waals surface area contributed by atoms with Crippen molar-refractivity contribution in [2.45, 2.75) is 32.9 Å². The van der Waals surface area contributed by atoms with Crippen LogP contribution in [0.1, 0.15) is 30.9 Å². The molecule has 0 bridgehead atoms. The topological polar surface area (TPSA) is 59.0 Å². The van der Waals surface area contributed by atoms with Crippen LogP contribution < -0.4 is 10.6 Å². The van der Waals surface area contributed by atoms with Crippen LogP contribution in [0.4, 0.5) is 4.79 Å². The second-order valence-corrected chi connectivity index (χ2v) is 4.99. The summed E-state index contributed by atoms with van der Waals surface area (Å²) >= 11 is 0. The van der Waals surface area contributed by atoms with Crippen LogP contribution in [-0.4, -0.2) is 22.4 Å². The number of benzene rings is 1. The highest BCUT2D eigenvalue weighted by atomic mass is 16.2. The van der Waals surface area contributed by atoms with E-state index < -0.39 is 0 Å². The van der Waals surface area contributed by atoms with E-state index in [1.165, 1.54) is 5.56 Å². The van der Waals surface area contributed by atoms with E-state index in [2.05, 4.69) is 34.8 Å². The molecule has 21 heavy (non-hydrogen) atoms. The molecule has 112 valence electrons. The molecule has 5 heteroatoms. The van der Waals surface area contributed by atoms with Gasteiger partial charge in [-0.05, 0) is 23.6 Å². The Morgan fingerprint density at radius 2 is 2.10 bits per heavy atom. The monoisotopic (exact) mass is 286 g/mol. The molecule has 1 aromatic heterocycles. The van der Waals surface area contributed by atoms with Gasteiger partial charge in [-0.1, -0.05) is 37.6 Å². The zero-order valence-corrected chi connectivity index (χ0v) is 12.4. The minimum absolute atomic E-state index is 0.110. The van der Waals surface area contributed by atoms with E-state index in [4.69, 9.17) is 0 Å². The van der Waals surface area contributed by atoms with Crippen molar-refractivity contribution in [2.75, 3.05) is 6.54 Å². The lowest BCUT2D eigenvalue weighted by Gasteiger charge is -2.09. The van der Waals surface area contributed by atoms with Crippen LogP contribution in [0.5, 0.6) is 0 Å². The molecule has 1 heterocycles. The predicted octanol–water partition coefficient (Wildman–Crippen LogP) is 2.53. The van der Waals surface area contributed by atoms with E-state index in [9.17, 15) is 4.79 Å². The summed E-state index contributed by atoms with van der Waals surface area (Å²) in [6.45, 7) is 4.10. The summed E-state index contributed by atoms with van der Waals surface area (Å²) in [6.07, 6.45) is 5.79. The molecule has 0 fully saturated rings. The third-order valence-corrected chi connectivity index (χ3v) is 3.16.